The minimum Gasteiger partial charge on any atom is -0.493 e. The van der Waals surface area contributed by atoms with Crippen molar-refractivity contribution in [3.63, 3.8) is 0 Å². The van der Waals surface area contributed by atoms with Gasteiger partial charge < -0.3 is 14.0 Å². The van der Waals surface area contributed by atoms with E-state index in [1.54, 1.807) is 24.3 Å². The first-order chi connectivity index (χ1) is 14.8. The lowest BCUT2D eigenvalue weighted by atomic mass is 9.98. The van der Waals surface area contributed by atoms with Crippen LogP contribution in [-0.4, -0.2) is 33.0 Å². The number of methoxy groups -OCH3 is 1. The van der Waals surface area contributed by atoms with E-state index in [0.29, 0.717) is 10.6 Å². The SMILES string of the molecule is COc1c(F)cccc1C1OC(CCOS(C)(=O)=O)c2cccn2-c2ccc(Cl)cc21. The summed E-state index contributed by atoms with van der Waals surface area (Å²) in [5.74, 6) is -0.427. The molecule has 9 heteroatoms. The summed E-state index contributed by atoms with van der Waals surface area (Å²) < 4.78 is 56.0. The molecule has 2 unspecified atom stereocenters. The van der Waals surface area contributed by atoms with Gasteiger partial charge >= 0.3 is 0 Å². The van der Waals surface area contributed by atoms with E-state index in [9.17, 15) is 12.8 Å². The summed E-state index contributed by atoms with van der Waals surface area (Å²) in [6.07, 6.45) is 1.93. The molecule has 0 saturated carbocycles. The number of hydrogen-bond acceptors (Lipinski definition) is 5. The largest absolute Gasteiger partial charge is 0.493 e. The monoisotopic (exact) mass is 465 g/mol. The van der Waals surface area contributed by atoms with E-state index >= 15 is 0 Å². The van der Waals surface area contributed by atoms with Gasteiger partial charge in [-0.2, -0.15) is 8.42 Å². The maximum Gasteiger partial charge on any atom is 0.264 e. The van der Waals surface area contributed by atoms with E-state index < -0.39 is 28.1 Å². The average Bonchev–Trinajstić information content (AvgIpc) is 3.15. The van der Waals surface area contributed by atoms with Gasteiger partial charge in [-0.1, -0.05) is 23.7 Å². The van der Waals surface area contributed by atoms with Crippen LogP contribution < -0.4 is 4.74 Å². The fraction of sp³-hybridized carbons (Fsp3) is 0.273. The van der Waals surface area contributed by atoms with Crippen LogP contribution in [0.5, 0.6) is 5.75 Å². The van der Waals surface area contributed by atoms with Crippen LogP contribution in [0.2, 0.25) is 5.02 Å². The van der Waals surface area contributed by atoms with Crippen molar-refractivity contribution in [3.05, 3.63) is 82.4 Å². The summed E-state index contributed by atoms with van der Waals surface area (Å²) in [7, 11) is -2.19. The van der Waals surface area contributed by atoms with E-state index in [0.717, 1.165) is 23.2 Å². The summed E-state index contributed by atoms with van der Waals surface area (Å²) >= 11 is 6.30. The lowest BCUT2D eigenvalue weighted by Gasteiger charge is -2.24. The molecule has 0 aliphatic carbocycles. The Morgan fingerprint density at radius 1 is 1.16 bits per heavy atom. The standard InChI is InChI=1S/C22H21ClFNO5S/c1-28-22-15(5-3-6-17(22)24)21-16-13-14(23)8-9-18(16)25-11-4-7-19(25)20(30-21)10-12-29-31(2,26)27/h3-9,11,13,20-21H,10,12H2,1-2H3. The number of para-hydroxylation sites is 1. The Balaban J connectivity index is 1.84. The highest BCUT2D eigenvalue weighted by Gasteiger charge is 2.32. The van der Waals surface area contributed by atoms with Gasteiger partial charge in [-0.25, -0.2) is 4.39 Å². The fourth-order valence-corrected chi connectivity index (χ4v) is 4.43. The predicted octanol–water partition coefficient (Wildman–Crippen LogP) is 4.81. The highest BCUT2D eigenvalue weighted by atomic mass is 35.5. The number of aromatic nitrogens is 1. The highest BCUT2D eigenvalue weighted by Crippen LogP contribution is 2.44. The summed E-state index contributed by atoms with van der Waals surface area (Å²) in [4.78, 5) is 0. The van der Waals surface area contributed by atoms with Crippen LogP contribution in [0.4, 0.5) is 4.39 Å². The van der Waals surface area contributed by atoms with Crippen LogP contribution in [0.1, 0.15) is 35.4 Å². The summed E-state index contributed by atoms with van der Waals surface area (Å²) in [5.41, 5.74) is 2.89. The van der Waals surface area contributed by atoms with Crippen molar-refractivity contribution in [2.75, 3.05) is 20.0 Å². The number of nitrogens with zero attached hydrogens (tertiary/aromatic N) is 1. The predicted molar refractivity (Wildman–Crippen MR) is 115 cm³/mol. The number of benzene rings is 2. The molecule has 0 amide bonds. The first kappa shape index (κ1) is 21.8. The van der Waals surface area contributed by atoms with Gasteiger partial charge in [0.2, 0.25) is 0 Å². The molecule has 2 heterocycles. The van der Waals surface area contributed by atoms with E-state index in [-0.39, 0.29) is 18.8 Å². The third-order valence-corrected chi connectivity index (χ3v) is 5.93. The minimum atomic E-state index is -3.59. The number of ether oxygens (including phenoxy) is 2. The fourth-order valence-electron chi connectivity index (χ4n) is 3.85. The van der Waals surface area contributed by atoms with Crippen LogP contribution in [0.15, 0.2) is 54.7 Å². The topological polar surface area (TPSA) is 66.8 Å². The molecule has 4 rings (SSSR count). The van der Waals surface area contributed by atoms with Crippen molar-refractivity contribution >= 4 is 21.7 Å². The average molecular weight is 466 g/mol. The Bertz CT molecular complexity index is 1210. The molecule has 0 fully saturated rings. The first-order valence-electron chi connectivity index (χ1n) is 9.58. The Hall–Kier alpha value is -2.39. The van der Waals surface area contributed by atoms with Gasteiger partial charge in [0.1, 0.15) is 12.2 Å². The molecule has 31 heavy (non-hydrogen) atoms. The molecule has 2 aromatic carbocycles. The maximum atomic E-state index is 14.5. The first-order valence-corrected chi connectivity index (χ1v) is 11.8. The molecule has 164 valence electrons. The number of hydrogen-bond donors (Lipinski definition) is 0. The zero-order valence-electron chi connectivity index (χ0n) is 16.9. The van der Waals surface area contributed by atoms with Crippen molar-refractivity contribution in [3.8, 4) is 11.4 Å². The Morgan fingerprint density at radius 3 is 2.71 bits per heavy atom. The molecule has 1 aliphatic heterocycles. The van der Waals surface area contributed by atoms with E-state index in [1.165, 1.54) is 13.2 Å². The zero-order valence-corrected chi connectivity index (χ0v) is 18.5. The molecular formula is C22H21ClFNO5S. The van der Waals surface area contributed by atoms with Crippen LogP contribution >= 0.6 is 11.6 Å². The second kappa shape index (κ2) is 8.63. The van der Waals surface area contributed by atoms with E-state index in [1.807, 2.05) is 29.0 Å². The Labute approximate surface area is 185 Å². The van der Waals surface area contributed by atoms with Crippen molar-refractivity contribution < 1.29 is 26.5 Å². The maximum absolute atomic E-state index is 14.5. The van der Waals surface area contributed by atoms with E-state index in [4.69, 9.17) is 25.3 Å². The summed E-state index contributed by atoms with van der Waals surface area (Å²) in [6, 6.07) is 13.9. The quantitative estimate of drug-likeness (QED) is 0.489. The van der Waals surface area contributed by atoms with Crippen molar-refractivity contribution in [1.82, 2.24) is 4.57 Å². The number of rotatable bonds is 6. The van der Waals surface area contributed by atoms with Crippen molar-refractivity contribution in [2.24, 2.45) is 0 Å². The molecule has 6 nitrogen and oxygen atoms in total. The second-order valence-corrected chi connectivity index (χ2v) is 9.27. The summed E-state index contributed by atoms with van der Waals surface area (Å²) in [5, 5.41) is 0.510. The van der Waals surface area contributed by atoms with Gasteiger partial charge in [0.15, 0.2) is 11.6 Å². The lowest BCUT2D eigenvalue weighted by Crippen LogP contribution is -2.15. The minimum absolute atomic E-state index is 0.0568. The number of fused-ring (bicyclic) bond motifs is 3. The molecule has 2 atom stereocenters. The van der Waals surface area contributed by atoms with Gasteiger partial charge in [-0.05, 0) is 36.4 Å². The molecule has 0 spiro atoms. The van der Waals surface area contributed by atoms with Gasteiger partial charge in [0.05, 0.1) is 31.4 Å². The molecule has 0 saturated heterocycles. The van der Waals surface area contributed by atoms with Crippen LogP contribution in [0.25, 0.3) is 5.69 Å². The molecule has 0 bridgehead atoms. The number of halogens is 2. The lowest BCUT2D eigenvalue weighted by molar-refractivity contribution is -0.00510. The van der Waals surface area contributed by atoms with Crippen LogP contribution in [0, 0.1) is 5.82 Å². The van der Waals surface area contributed by atoms with Gasteiger partial charge in [0.25, 0.3) is 10.1 Å². The Morgan fingerprint density at radius 2 is 1.97 bits per heavy atom. The smallest absolute Gasteiger partial charge is 0.264 e. The third kappa shape index (κ3) is 4.48. The molecular weight excluding hydrogens is 445 g/mol. The molecule has 0 radical (unpaired) electrons. The highest BCUT2D eigenvalue weighted by molar-refractivity contribution is 7.85. The Kier molecular flexibility index (Phi) is 6.07. The third-order valence-electron chi connectivity index (χ3n) is 5.10. The summed E-state index contributed by atoms with van der Waals surface area (Å²) in [6.45, 7) is -0.0568. The second-order valence-electron chi connectivity index (χ2n) is 7.19. The normalized spacial score (nSPS) is 18.2. The zero-order chi connectivity index (χ0) is 22.2. The molecule has 1 aliphatic rings. The van der Waals surface area contributed by atoms with Crippen molar-refractivity contribution in [2.45, 2.75) is 18.6 Å². The molecule has 3 aromatic rings. The molecule has 0 N–H and O–H groups in total. The van der Waals surface area contributed by atoms with Crippen molar-refractivity contribution in [1.29, 1.82) is 0 Å². The van der Waals surface area contributed by atoms with Gasteiger partial charge in [-0.3, -0.25) is 4.18 Å². The van der Waals surface area contributed by atoms with Crippen LogP contribution in [-0.2, 0) is 19.0 Å². The van der Waals surface area contributed by atoms with E-state index in [2.05, 4.69) is 0 Å². The van der Waals surface area contributed by atoms with Gasteiger partial charge in [-0.15, -0.1) is 0 Å². The van der Waals surface area contributed by atoms with Gasteiger partial charge in [0, 0.05) is 28.8 Å². The van der Waals surface area contributed by atoms with Crippen LogP contribution in [0.3, 0.4) is 0 Å². The molecule has 1 aromatic heterocycles.